The van der Waals surface area contributed by atoms with E-state index in [0.717, 1.165) is 35.4 Å². The van der Waals surface area contributed by atoms with Gasteiger partial charge >= 0.3 is 6.03 Å². The molecule has 1 aromatic rings. The van der Waals surface area contributed by atoms with Crippen LogP contribution < -0.4 is 10.7 Å². The highest BCUT2D eigenvalue weighted by Gasteiger charge is 2.47. The van der Waals surface area contributed by atoms with Gasteiger partial charge in [-0.1, -0.05) is 25.6 Å². The third-order valence-corrected chi connectivity index (χ3v) is 4.38. The molecule has 1 unspecified atom stereocenters. The van der Waals surface area contributed by atoms with Gasteiger partial charge in [-0.05, 0) is 19.8 Å². The van der Waals surface area contributed by atoms with E-state index < -0.39 is 23.4 Å². The lowest BCUT2D eigenvalue weighted by Crippen LogP contribution is -2.49. The van der Waals surface area contributed by atoms with Gasteiger partial charge in [0.25, 0.3) is 5.91 Å². The van der Waals surface area contributed by atoms with E-state index in [1.54, 1.807) is 13.8 Å². The Morgan fingerprint density at radius 1 is 1.39 bits per heavy atom. The molecule has 1 atom stereocenters. The van der Waals surface area contributed by atoms with E-state index in [0.29, 0.717) is 11.6 Å². The van der Waals surface area contributed by atoms with Gasteiger partial charge in [0.2, 0.25) is 11.1 Å². The number of amides is 4. The maximum absolute atomic E-state index is 12.1. The highest BCUT2D eigenvalue weighted by Crippen LogP contribution is 2.19. The minimum absolute atomic E-state index is 0.00329. The Bertz CT molecular complexity index is 619. The van der Waals surface area contributed by atoms with Crippen LogP contribution in [0.4, 0.5) is 4.79 Å². The molecule has 1 aromatic heterocycles. The number of hydrogen-bond donors (Lipinski definition) is 3. The van der Waals surface area contributed by atoms with E-state index in [2.05, 4.69) is 25.9 Å². The summed E-state index contributed by atoms with van der Waals surface area (Å²) in [6.07, 6.45) is 2.18. The lowest BCUT2D eigenvalue weighted by atomic mass is 10.00. The number of H-pyrrole nitrogens is 1. The first-order valence-corrected chi connectivity index (χ1v) is 8.38. The maximum Gasteiger partial charge on any atom is 0.344 e. The zero-order chi connectivity index (χ0) is 17.0. The van der Waals surface area contributed by atoms with Gasteiger partial charge in [0.1, 0.15) is 11.4 Å². The van der Waals surface area contributed by atoms with Gasteiger partial charge in [0.05, 0.1) is 5.75 Å². The molecule has 126 valence electrons. The SMILES string of the molecule is CCCc1nc(SCC(=O)NN2C(=O)NC(C)(CC)C2=O)n[nH]1. The number of aryl methyl sites for hydroxylation is 1. The van der Waals surface area contributed by atoms with E-state index in [-0.39, 0.29) is 5.75 Å². The Kier molecular flexibility index (Phi) is 5.24. The predicted molar refractivity (Wildman–Crippen MR) is 83.3 cm³/mol. The highest BCUT2D eigenvalue weighted by atomic mass is 32.2. The van der Waals surface area contributed by atoms with Crippen LogP contribution in [0.1, 0.15) is 39.4 Å². The van der Waals surface area contributed by atoms with Crippen molar-refractivity contribution < 1.29 is 14.4 Å². The van der Waals surface area contributed by atoms with Crippen molar-refractivity contribution in [3.63, 3.8) is 0 Å². The van der Waals surface area contributed by atoms with Gasteiger partial charge in [-0.2, -0.15) is 5.01 Å². The second-order valence-electron chi connectivity index (χ2n) is 5.39. The number of imide groups is 1. The normalized spacial score (nSPS) is 20.7. The third-order valence-electron chi connectivity index (χ3n) is 3.54. The van der Waals surface area contributed by atoms with Crippen LogP contribution in [0.2, 0.25) is 0 Å². The molecule has 0 radical (unpaired) electrons. The van der Waals surface area contributed by atoms with Gasteiger partial charge in [-0.25, -0.2) is 9.78 Å². The number of hydrogen-bond acceptors (Lipinski definition) is 6. The average molecular weight is 340 g/mol. The van der Waals surface area contributed by atoms with Crippen LogP contribution in [-0.4, -0.2) is 49.3 Å². The summed E-state index contributed by atoms with van der Waals surface area (Å²) in [4.78, 5) is 40.1. The molecule has 2 heterocycles. The molecule has 23 heavy (non-hydrogen) atoms. The van der Waals surface area contributed by atoms with Crippen LogP contribution in [0.3, 0.4) is 0 Å². The molecular formula is C13H20N6O3S. The summed E-state index contributed by atoms with van der Waals surface area (Å²) in [6.45, 7) is 5.44. The van der Waals surface area contributed by atoms with E-state index in [9.17, 15) is 14.4 Å². The quantitative estimate of drug-likeness (QED) is 0.494. The number of nitrogens with zero attached hydrogens (tertiary/aromatic N) is 3. The lowest BCUT2D eigenvalue weighted by molar-refractivity contribution is -0.137. The topological polar surface area (TPSA) is 120 Å². The van der Waals surface area contributed by atoms with Crippen LogP contribution in [0.25, 0.3) is 0 Å². The van der Waals surface area contributed by atoms with Gasteiger partial charge in [-0.15, -0.1) is 5.10 Å². The number of urea groups is 1. The van der Waals surface area contributed by atoms with E-state index in [4.69, 9.17) is 0 Å². The molecule has 0 spiro atoms. The van der Waals surface area contributed by atoms with Crippen molar-refractivity contribution in [1.82, 2.24) is 30.9 Å². The number of carbonyl (C=O) groups is 3. The van der Waals surface area contributed by atoms with Crippen molar-refractivity contribution in [2.45, 2.75) is 50.7 Å². The monoisotopic (exact) mass is 340 g/mol. The molecule has 2 rings (SSSR count). The van der Waals surface area contributed by atoms with Crippen molar-refractivity contribution >= 4 is 29.6 Å². The number of rotatable bonds is 7. The minimum Gasteiger partial charge on any atom is -0.322 e. The number of nitrogens with one attached hydrogen (secondary N) is 3. The fourth-order valence-electron chi connectivity index (χ4n) is 2.00. The standard InChI is InChI=1S/C13H20N6O3S/c1-4-6-8-14-11(17-16-8)23-7-9(20)18-19-10(21)13(3,5-2)15-12(19)22/h4-7H2,1-3H3,(H,15,22)(H,18,20)(H,14,16,17). The summed E-state index contributed by atoms with van der Waals surface area (Å²) < 4.78 is 0. The summed E-state index contributed by atoms with van der Waals surface area (Å²) >= 11 is 1.13. The Morgan fingerprint density at radius 3 is 2.74 bits per heavy atom. The van der Waals surface area contributed by atoms with Crippen molar-refractivity contribution in [2.24, 2.45) is 0 Å². The molecule has 9 nitrogen and oxygen atoms in total. The first-order chi connectivity index (χ1) is 10.9. The van der Waals surface area contributed by atoms with Crippen molar-refractivity contribution in [1.29, 1.82) is 0 Å². The fourth-order valence-corrected chi connectivity index (χ4v) is 2.61. The van der Waals surface area contributed by atoms with E-state index in [1.165, 1.54) is 0 Å². The smallest absolute Gasteiger partial charge is 0.322 e. The van der Waals surface area contributed by atoms with E-state index in [1.807, 2.05) is 6.92 Å². The molecule has 1 aliphatic heterocycles. The van der Waals surface area contributed by atoms with Crippen LogP contribution in [0.15, 0.2) is 5.16 Å². The minimum atomic E-state index is -0.976. The Labute approximate surface area is 137 Å². The molecular weight excluding hydrogens is 320 g/mol. The maximum atomic E-state index is 12.1. The summed E-state index contributed by atoms with van der Waals surface area (Å²) in [7, 11) is 0. The second kappa shape index (κ2) is 6.99. The highest BCUT2D eigenvalue weighted by molar-refractivity contribution is 7.99. The Morgan fingerprint density at radius 2 is 2.13 bits per heavy atom. The summed E-state index contributed by atoms with van der Waals surface area (Å²) in [5.41, 5.74) is 1.34. The number of carbonyl (C=O) groups excluding carboxylic acids is 3. The fraction of sp³-hybridized carbons (Fsp3) is 0.615. The zero-order valence-electron chi connectivity index (χ0n) is 13.3. The first kappa shape index (κ1) is 17.3. The Hall–Kier alpha value is -2.10. The van der Waals surface area contributed by atoms with Crippen LogP contribution >= 0.6 is 11.8 Å². The largest absolute Gasteiger partial charge is 0.344 e. The van der Waals surface area contributed by atoms with Crippen molar-refractivity contribution in [2.75, 3.05) is 5.75 Å². The van der Waals surface area contributed by atoms with E-state index >= 15 is 0 Å². The Balaban J connectivity index is 1.87. The van der Waals surface area contributed by atoms with Gasteiger partial charge in [0.15, 0.2) is 0 Å². The van der Waals surface area contributed by atoms with Crippen LogP contribution in [0, 0.1) is 0 Å². The zero-order valence-corrected chi connectivity index (χ0v) is 14.1. The number of aromatic nitrogens is 3. The molecule has 10 heteroatoms. The predicted octanol–water partition coefficient (Wildman–Crippen LogP) is 0.601. The van der Waals surface area contributed by atoms with Crippen LogP contribution in [0.5, 0.6) is 0 Å². The summed E-state index contributed by atoms with van der Waals surface area (Å²) in [5, 5.41) is 10.5. The third kappa shape index (κ3) is 3.81. The molecule has 1 aliphatic rings. The molecule has 0 bridgehead atoms. The number of hydrazine groups is 1. The van der Waals surface area contributed by atoms with Gasteiger partial charge in [-0.3, -0.25) is 20.1 Å². The van der Waals surface area contributed by atoms with Gasteiger partial charge < -0.3 is 5.32 Å². The first-order valence-electron chi connectivity index (χ1n) is 7.40. The van der Waals surface area contributed by atoms with Gasteiger partial charge in [0, 0.05) is 6.42 Å². The molecule has 0 saturated carbocycles. The lowest BCUT2D eigenvalue weighted by Gasteiger charge is -2.19. The van der Waals surface area contributed by atoms with Crippen molar-refractivity contribution in [3.8, 4) is 0 Å². The second-order valence-corrected chi connectivity index (χ2v) is 6.34. The molecule has 4 amide bonds. The average Bonchev–Trinajstić information content (AvgIpc) is 3.05. The number of thioether (sulfide) groups is 1. The molecule has 1 fully saturated rings. The van der Waals surface area contributed by atoms with Crippen LogP contribution in [-0.2, 0) is 16.0 Å². The molecule has 0 aromatic carbocycles. The molecule has 1 saturated heterocycles. The summed E-state index contributed by atoms with van der Waals surface area (Å²) in [6, 6.07) is -0.624. The summed E-state index contributed by atoms with van der Waals surface area (Å²) in [5.74, 6) is -0.168. The number of aromatic amines is 1. The molecule has 0 aliphatic carbocycles. The van der Waals surface area contributed by atoms with Crippen molar-refractivity contribution in [3.05, 3.63) is 5.82 Å². The molecule has 3 N–H and O–H groups in total.